The highest BCUT2D eigenvalue weighted by atomic mass is 16.5. The van der Waals surface area contributed by atoms with Crippen molar-refractivity contribution in [3.8, 4) is 6.07 Å². The fourth-order valence-electron chi connectivity index (χ4n) is 0.364. The van der Waals surface area contributed by atoms with Gasteiger partial charge in [0.05, 0.1) is 11.5 Å². The van der Waals surface area contributed by atoms with Crippen molar-refractivity contribution in [1.82, 2.24) is 0 Å². The summed E-state index contributed by atoms with van der Waals surface area (Å²) >= 11 is 0. The standard InChI is InChI=1S/C9H13NO/c1-5-8(2)11-7-9(3,4)6-10/h5H,1-2,7H2,3-4H3. The molecule has 0 unspecified atom stereocenters. The van der Waals surface area contributed by atoms with Crippen LogP contribution in [-0.4, -0.2) is 6.61 Å². The molecule has 0 fully saturated rings. The van der Waals surface area contributed by atoms with E-state index in [1.807, 2.05) is 13.8 Å². The van der Waals surface area contributed by atoms with Gasteiger partial charge in [0.1, 0.15) is 12.4 Å². The highest BCUT2D eigenvalue weighted by Gasteiger charge is 2.17. The van der Waals surface area contributed by atoms with Crippen LogP contribution in [0.2, 0.25) is 0 Å². The highest BCUT2D eigenvalue weighted by Crippen LogP contribution is 2.14. The van der Waals surface area contributed by atoms with E-state index in [4.69, 9.17) is 10.00 Å². The van der Waals surface area contributed by atoms with Crippen LogP contribution in [0.5, 0.6) is 0 Å². The molecule has 0 spiro atoms. The zero-order valence-electron chi connectivity index (χ0n) is 7.05. The highest BCUT2D eigenvalue weighted by molar-refractivity contribution is 5.03. The molecule has 0 rings (SSSR count). The number of allylic oxidation sites excluding steroid dienone is 1. The Labute approximate surface area is 67.8 Å². The summed E-state index contributed by atoms with van der Waals surface area (Å²) in [4.78, 5) is 0. The van der Waals surface area contributed by atoms with Crippen LogP contribution in [0.1, 0.15) is 13.8 Å². The summed E-state index contributed by atoms with van der Waals surface area (Å²) < 4.78 is 5.11. The zero-order valence-corrected chi connectivity index (χ0v) is 7.05. The monoisotopic (exact) mass is 151 g/mol. The molecule has 0 aliphatic heterocycles. The summed E-state index contributed by atoms with van der Waals surface area (Å²) in [5.74, 6) is 0.508. The molecule has 0 bridgehead atoms. The molecular weight excluding hydrogens is 138 g/mol. The molecule has 0 aromatic rings. The number of ether oxygens (including phenoxy) is 1. The van der Waals surface area contributed by atoms with Gasteiger partial charge in [0.25, 0.3) is 0 Å². The molecule has 0 N–H and O–H groups in total. The quantitative estimate of drug-likeness (QED) is 0.456. The van der Waals surface area contributed by atoms with Crippen molar-refractivity contribution in [1.29, 1.82) is 5.26 Å². The maximum absolute atomic E-state index is 8.59. The number of nitriles is 1. The molecule has 0 radical (unpaired) electrons. The van der Waals surface area contributed by atoms with Gasteiger partial charge in [-0.25, -0.2) is 0 Å². The smallest absolute Gasteiger partial charge is 0.111 e. The van der Waals surface area contributed by atoms with Crippen molar-refractivity contribution >= 4 is 0 Å². The molecule has 0 amide bonds. The molecule has 2 heteroatoms. The number of rotatable bonds is 4. The Morgan fingerprint density at radius 3 is 2.64 bits per heavy atom. The van der Waals surface area contributed by atoms with Gasteiger partial charge in [0.15, 0.2) is 0 Å². The minimum Gasteiger partial charge on any atom is -0.493 e. The molecule has 0 aliphatic rings. The zero-order chi connectivity index (χ0) is 8.91. The van der Waals surface area contributed by atoms with Crippen LogP contribution in [0.4, 0.5) is 0 Å². The van der Waals surface area contributed by atoms with Crippen molar-refractivity contribution in [3.63, 3.8) is 0 Å². The van der Waals surface area contributed by atoms with E-state index in [9.17, 15) is 0 Å². The summed E-state index contributed by atoms with van der Waals surface area (Å²) in [5.41, 5.74) is -0.452. The fraction of sp³-hybridized carbons (Fsp3) is 0.444. The number of hydrogen-bond acceptors (Lipinski definition) is 2. The summed E-state index contributed by atoms with van der Waals surface area (Å²) in [7, 11) is 0. The largest absolute Gasteiger partial charge is 0.493 e. The van der Waals surface area contributed by atoms with Gasteiger partial charge in [-0.15, -0.1) is 0 Å². The van der Waals surface area contributed by atoms with Crippen LogP contribution >= 0.6 is 0 Å². The van der Waals surface area contributed by atoms with E-state index in [0.717, 1.165) is 0 Å². The first-order valence-electron chi connectivity index (χ1n) is 3.37. The minimum absolute atomic E-state index is 0.356. The van der Waals surface area contributed by atoms with Gasteiger partial charge in [-0.05, 0) is 19.9 Å². The lowest BCUT2D eigenvalue weighted by atomic mass is 9.98. The normalized spacial score (nSPS) is 9.91. The predicted molar refractivity (Wildman–Crippen MR) is 44.7 cm³/mol. The third kappa shape index (κ3) is 4.21. The number of nitrogens with zero attached hydrogens (tertiary/aromatic N) is 1. The lowest BCUT2D eigenvalue weighted by Crippen LogP contribution is -2.15. The molecule has 0 aromatic carbocycles. The van der Waals surface area contributed by atoms with Crippen molar-refractivity contribution in [3.05, 3.63) is 25.0 Å². The van der Waals surface area contributed by atoms with Gasteiger partial charge in [0, 0.05) is 0 Å². The molecule has 0 aromatic heterocycles. The van der Waals surface area contributed by atoms with Gasteiger partial charge in [-0.3, -0.25) is 0 Å². The van der Waals surface area contributed by atoms with Crippen LogP contribution in [0.15, 0.2) is 25.0 Å². The molecule has 0 saturated heterocycles. The minimum atomic E-state index is -0.452. The van der Waals surface area contributed by atoms with E-state index in [1.165, 1.54) is 6.08 Å². The molecule has 60 valence electrons. The van der Waals surface area contributed by atoms with Gasteiger partial charge in [0.2, 0.25) is 0 Å². The summed E-state index contributed by atoms with van der Waals surface area (Å²) in [6, 6.07) is 2.12. The van der Waals surface area contributed by atoms with E-state index >= 15 is 0 Å². The van der Waals surface area contributed by atoms with Crippen LogP contribution in [0, 0.1) is 16.7 Å². The van der Waals surface area contributed by atoms with Crippen LogP contribution in [-0.2, 0) is 4.74 Å². The maximum Gasteiger partial charge on any atom is 0.111 e. The van der Waals surface area contributed by atoms with Crippen molar-refractivity contribution in [2.24, 2.45) is 5.41 Å². The predicted octanol–water partition coefficient (Wildman–Crippen LogP) is 2.25. The van der Waals surface area contributed by atoms with E-state index in [2.05, 4.69) is 19.2 Å². The van der Waals surface area contributed by atoms with Gasteiger partial charge >= 0.3 is 0 Å². The van der Waals surface area contributed by atoms with E-state index < -0.39 is 5.41 Å². The van der Waals surface area contributed by atoms with Crippen molar-refractivity contribution in [2.75, 3.05) is 6.61 Å². The molecule has 2 nitrogen and oxygen atoms in total. The van der Waals surface area contributed by atoms with E-state index in [0.29, 0.717) is 12.4 Å². The summed E-state index contributed by atoms with van der Waals surface area (Å²) in [5, 5.41) is 8.59. The SMILES string of the molecule is C=CC(=C)OCC(C)(C)C#N. The van der Waals surface area contributed by atoms with Crippen LogP contribution in [0.25, 0.3) is 0 Å². The Morgan fingerprint density at radius 1 is 1.73 bits per heavy atom. The first kappa shape index (κ1) is 9.77. The maximum atomic E-state index is 8.59. The molecule has 0 aliphatic carbocycles. The fourth-order valence-corrected chi connectivity index (χ4v) is 0.364. The molecule has 0 saturated carbocycles. The topological polar surface area (TPSA) is 33.0 Å². The molecule has 0 atom stereocenters. The van der Waals surface area contributed by atoms with Gasteiger partial charge in [-0.2, -0.15) is 5.26 Å². The van der Waals surface area contributed by atoms with Crippen LogP contribution < -0.4 is 0 Å². The third-order valence-corrected chi connectivity index (χ3v) is 1.15. The van der Waals surface area contributed by atoms with Crippen LogP contribution in [0.3, 0.4) is 0 Å². The summed E-state index contributed by atoms with van der Waals surface area (Å²) in [6.45, 7) is 11.0. The third-order valence-electron chi connectivity index (χ3n) is 1.15. The Hall–Kier alpha value is -1.23. The number of hydrogen-bond donors (Lipinski definition) is 0. The Bertz CT molecular complexity index is 198. The first-order valence-corrected chi connectivity index (χ1v) is 3.37. The Kier molecular flexibility index (Phi) is 3.39. The average Bonchev–Trinajstić information content (AvgIpc) is 2.00. The van der Waals surface area contributed by atoms with Gasteiger partial charge < -0.3 is 4.74 Å². The molecule has 0 heterocycles. The lowest BCUT2D eigenvalue weighted by molar-refractivity contribution is 0.158. The van der Waals surface area contributed by atoms with Crippen molar-refractivity contribution in [2.45, 2.75) is 13.8 Å². The second kappa shape index (κ2) is 3.82. The lowest BCUT2D eigenvalue weighted by Gasteiger charge is -2.15. The average molecular weight is 151 g/mol. The summed E-state index contributed by atoms with van der Waals surface area (Å²) in [6.07, 6.45) is 1.52. The molecular formula is C9H13NO. The Balaban J connectivity index is 3.81. The second-order valence-corrected chi connectivity index (χ2v) is 2.95. The Morgan fingerprint density at radius 2 is 2.27 bits per heavy atom. The first-order chi connectivity index (χ1) is 5.02. The van der Waals surface area contributed by atoms with E-state index in [1.54, 1.807) is 0 Å². The van der Waals surface area contributed by atoms with E-state index in [-0.39, 0.29) is 0 Å². The molecule has 11 heavy (non-hydrogen) atoms. The van der Waals surface area contributed by atoms with Gasteiger partial charge in [-0.1, -0.05) is 13.2 Å². The van der Waals surface area contributed by atoms with Crippen molar-refractivity contribution < 1.29 is 4.74 Å². The second-order valence-electron chi connectivity index (χ2n) is 2.95.